The number of aryl methyl sites for hydroxylation is 1. The van der Waals surface area contributed by atoms with Gasteiger partial charge in [-0.3, -0.25) is 4.98 Å². The van der Waals surface area contributed by atoms with Crippen molar-refractivity contribution in [1.29, 1.82) is 0 Å². The van der Waals surface area contributed by atoms with Gasteiger partial charge >= 0.3 is 0 Å². The molecule has 23 heavy (non-hydrogen) atoms. The van der Waals surface area contributed by atoms with Crippen LogP contribution in [0.4, 0.5) is 11.4 Å². The third-order valence-corrected chi connectivity index (χ3v) is 4.42. The van der Waals surface area contributed by atoms with Gasteiger partial charge in [0.1, 0.15) is 5.84 Å². The van der Waals surface area contributed by atoms with E-state index in [9.17, 15) is 0 Å². The smallest absolute Gasteiger partial charge is 0.132 e. The third kappa shape index (κ3) is 2.14. The lowest BCUT2D eigenvalue weighted by molar-refractivity contribution is 0.924. The van der Waals surface area contributed by atoms with E-state index in [1.807, 2.05) is 24.5 Å². The van der Waals surface area contributed by atoms with Crippen LogP contribution in [0.2, 0.25) is 0 Å². The summed E-state index contributed by atoms with van der Waals surface area (Å²) in [5.74, 6) is 0.610. The second-order valence-corrected chi connectivity index (χ2v) is 5.99. The van der Waals surface area contributed by atoms with Crippen molar-refractivity contribution in [2.75, 3.05) is 11.9 Å². The standard InChI is InChI=1S/C19H18N4/c1-12-3-4-14-18-15(22-19(14)20)5-6-16(17(12)18)23(2)11-13-7-9-21-10-8-13/h3-10H,11H2,1-2H3,(H2,20,22). The molecule has 1 aliphatic heterocycles. The molecule has 114 valence electrons. The molecule has 0 fully saturated rings. The molecule has 4 rings (SSSR count). The van der Waals surface area contributed by atoms with Crippen LogP contribution in [0.15, 0.2) is 53.8 Å². The molecule has 1 aliphatic rings. The number of anilines is 1. The van der Waals surface area contributed by atoms with E-state index in [2.05, 4.69) is 53.1 Å². The van der Waals surface area contributed by atoms with Gasteiger partial charge in [-0.2, -0.15) is 0 Å². The Hall–Kier alpha value is -2.88. The van der Waals surface area contributed by atoms with E-state index in [0.717, 1.165) is 17.8 Å². The Morgan fingerprint density at radius 1 is 1.00 bits per heavy atom. The quantitative estimate of drug-likeness (QED) is 0.805. The molecule has 2 heterocycles. The van der Waals surface area contributed by atoms with Crippen LogP contribution in [0.5, 0.6) is 0 Å². The van der Waals surface area contributed by atoms with Crippen LogP contribution in [-0.2, 0) is 6.54 Å². The van der Waals surface area contributed by atoms with Gasteiger partial charge < -0.3 is 10.6 Å². The fraction of sp³-hybridized carbons (Fsp3) is 0.158. The first-order valence-electron chi connectivity index (χ1n) is 7.66. The van der Waals surface area contributed by atoms with E-state index in [1.54, 1.807) is 0 Å². The number of hydrogen-bond donors (Lipinski definition) is 1. The van der Waals surface area contributed by atoms with Crippen molar-refractivity contribution >= 4 is 28.0 Å². The lowest BCUT2D eigenvalue weighted by Crippen LogP contribution is -2.17. The normalized spacial score (nSPS) is 12.5. The molecule has 1 aromatic heterocycles. The second-order valence-electron chi connectivity index (χ2n) is 5.99. The van der Waals surface area contributed by atoms with Crippen LogP contribution in [0.1, 0.15) is 16.7 Å². The molecular formula is C19H18N4. The molecule has 0 saturated carbocycles. The molecular weight excluding hydrogens is 284 g/mol. The highest BCUT2D eigenvalue weighted by atomic mass is 15.1. The molecule has 0 unspecified atom stereocenters. The van der Waals surface area contributed by atoms with E-state index < -0.39 is 0 Å². The molecule has 4 nitrogen and oxygen atoms in total. The van der Waals surface area contributed by atoms with Gasteiger partial charge in [-0.05, 0) is 42.3 Å². The summed E-state index contributed by atoms with van der Waals surface area (Å²) in [5.41, 5.74) is 11.8. The fourth-order valence-electron chi connectivity index (χ4n) is 3.29. The molecule has 0 aliphatic carbocycles. The minimum absolute atomic E-state index is 0.610. The Labute approximate surface area is 135 Å². The average molecular weight is 302 g/mol. The van der Waals surface area contributed by atoms with Gasteiger partial charge in [-0.25, -0.2) is 4.99 Å². The van der Waals surface area contributed by atoms with Crippen molar-refractivity contribution in [3.05, 3.63) is 65.5 Å². The maximum absolute atomic E-state index is 6.07. The van der Waals surface area contributed by atoms with Crippen molar-refractivity contribution in [3.8, 4) is 0 Å². The van der Waals surface area contributed by atoms with Crippen LogP contribution in [0, 0.1) is 6.92 Å². The summed E-state index contributed by atoms with van der Waals surface area (Å²) in [5, 5.41) is 2.40. The van der Waals surface area contributed by atoms with Gasteiger partial charge in [0.2, 0.25) is 0 Å². The Kier molecular flexibility index (Phi) is 3.05. The Bertz CT molecular complexity index is 929. The van der Waals surface area contributed by atoms with Gasteiger partial charge in [-0.1, -0.05) is 12.1 Å². The Balaban J connectivity index is 1.85. The molecule has 0 spiro atoms. The molecule has 0 radical (unpaired) electrons. The van der Waals surface area contributed by atoms with Crippen LogP contribution in [0.25, 0.3) is 10.8 Å². The maximum Gasteiger partial charge on any atom is 0.132 e. The van der Waals surface area contributed by atoms with E-state index in [0.29, 0.717) is 5.84 Å². The summed E-state index contributed by atoms with van der Waals surface area (Å²) in [7, 11) is 2.11. The second kappa shape index (κ2) is 5.09. The number of hydrogen-bond acceptors (Lipinski definition) is 4. The Morgan fingerprint density at radius 3 is 2.57 bits per heavy atom. The predicted molar refractivity (Wildman–Crippen MR) is 95.4 cm³/mol. The molecule has 0 atom stereocenters. The van der Waals surface area contributed by atoms with Crippen LogP contribution < -0.4 is 10.6 Å². The first-order valence-corrected chi connectivity index (χ1v) is 7.66. The number of aromatic nitrogens is 1. The minimum atomic E-state index is 0.610. The van der Waals surface area contributed by atoms with Crippen molar-refractivity contribution in [1.82, 2.24) is 4.98 Å². The number of nitrogens with two attached hydrogens (primary N) is 1. The van der Waals surface area contributed by atoms with E-state index in [4.69, 9.17) is 5.73 Å². The van der Waals surface area contributed by atoms with Crippen molar-refractivity contribution in [2.24, 2.45) is 10.7 Å². The first-order chi connectivity index (χ1) is 11.1. The largest absolute Gasteiger partial charge is 0.383 e. The topological polar surface area (TPSA) is 54.5 Å². The summed E-state index contributed by atoms with van der Waals surface area (Å²) < 4.78 is 0. The van der Waals surface area contributed by atoms with Gasteiger partial charge in [0.15, 0.2) is 0 Å². The lowest BCUT2D eigenvalue weighted by Gasteiger charge is -2.22. The van der Waals surface area contributed by atoms with E-state index in [1.165, 1.54) is 27.6 Å². The summed E-state index contributed by atoms with van der Waals surface area (Å²) in [6.45, 7) is 2.97. The third-order valence-electron chi connectivity index (χ3n) is 4.42. The molecule has 0 amide bonds. The molecule has 4 heteroatoms. The number of benzene rings is 2. The highest BCUT2D eigenvalue weighted by Gasteiger charge is 2.20. The number of pyridine rings is 1. The summed E-state index contributed by atoms with van der Waals surface area (Å²) in [4.78, 5) is 10.8. The van der Waals surface area contributed by atoms with E-state index >= 15 is 0 Å². The number of rotatable bonds is 3. The van der Waals surface area contributed by atoms with Crippen molar-refractivity contribution in [2.45, 2.75) is 13.5 Å². The maximum atomic E-state index is 6.07. The van der Waals surface area contributed by atoms with Gasteiger partial charge in [0, 0.05) is 48.0 Å². The molecule has 2 N–H and O–H groups in total. The van der Waals surface area contributed by atoms with Crippen LogP contribution in [-0.4, -0.2) is 17.9 Å². The predicted octanol–water partition coefficient (Wildman–Crippen LogP) is 3.53. The highest BCUT2D eigenvalue weighted by Crippen LogP contribution is 2.41. The fourth-order valence-corrected chi connectivity index (χ4v) is 3.29. The monoisotopic (exact) mass is 302 g/mol. The summed E-state index contributed by atoms with van der Waals surface area (Å²) in [6.07, 6.45) is 3.66. The molecule has 3 aromatic rings. The number of aliphatic imine (C=N–C) groups is 1. The van der Waals surface area contributed by atoms with Gasteiger partial charge in [-0.15, -0.1) is 0 Å². The summed E-state index contributed by atoms with van der Waals surface area (Å²) >= 11 is 0. The van der Waals surface area contributed by atoms with Crippen molar-refractivity contribution in [3.63, 3.8) is 0 Å². The molecule has 0 bridgehead atoms. The van der Waals surface area contributed by atoms with E-state index in [-0.39, 0.29) is 0 Å². The average Bonchev–Trinajstić information content (AvgIpc) is 2.88. The highest BCUT2D eigenvalue weighted by molar-refractivity contribution is 6.21. The van der Waals surface area contributed by atoms with Crippen molar-refractivity contribution < 1.29 is 0 Å². The zero-order valence-corrected chi connectivity index (χ0v) is 13.2. The zero-order chi connectivity index (χ0) is 16.0. The number of nitrogens with zero attached hydrogens (tertiary/aromatic N) is 3. The Morgan fingerprint density at radius 2 is 1.78 bits per heavy atom. The minimum Gasteiger partial charge on any atom is -0.383 e. The van der Waals surface area contributed by atoms with Crippen LogP contribution in [0.3, 0.4) is 0 Å². The lowest BCUT2D eigenvalue weighted by atomic mass is 9.98. The van der Waals surface area contributed by atoms with Gasteiger partial charge in [0.05, 0.1) is 5.69 Å². The SMILES string of the molecule is Cc1ccc2c3c(ccc(N(C)Cc4ccncc4)c13)N=C2N. The van der Waals surface area contributed by atoms with Gasteiger partial charge in [0.25, 0.3) is 0 Å². The van der Waals surface area contributed by atoms with Crippen LogP contribution >= 0.6 is 0 Å². The number of amidine groups is 1. The first kappa shape index (κ1) is 13.8. The summed E-state index contributed by atoms with van der Waals surface area (Å²) in [6, 6.07) is 12.5. The zero-order valence-electron chi connectivity index (χ0n) is 13.2. The molecule has 2 aromatic carbocycles. The molecule has 0 saturated heterocycles.